The van der Waals surface area contributed by atoms with Crippen molar-refractivity contribution in [3.63, 3.8) is 0 Å². The largest absolute Gasteiger partial charge is 0.444 e. The number of guanidine groups is 1. The van der Waals surface area contributed by atoms with Crippen molar-refractivity contribution in [3.8, 4) is 0 Å². The smallest absolute Gasteiger partial charge is 0.408 e. The van der Waals surface area contributed by atoms with Crippen molar-refractivity contribution in [1.82, 2.24) is 20.9 Å². The topological polar surface area (TPSA) is 87.2 Å². The molecule has 1 atom stereocenters. The van der Waals surface area contributed by atoms with E-state index in [4.69, 9.17) is 9.47 Å². The Bertz CT molecular complexity index is 460. The monoisotopic (exact) mass is 357 g/mol. The molecule has 0 aromatic carbocycles. The highest BCUT2D eigenvalue weighted by molar-refractivity contribution is 5.79. The number of rotatable bonds is 5. The molecule has 1 saturated heterocycles. The Labute approximate surface area is 151 Å². The van der Waals surface area contributed by atoms with Crippen LogP contribution < -0.4 is 16.0 Å². The number of nitrogens with zero attached hydrogens (tertiary/aromatic N) is 2. The minimum absolute atomic E-state index is 0.144. The molecular weight excluding hydrogens is 322 g/mol. The summed E-state index contributed by atoms with van der Waals surface area (Å²) in [6.07, 6.45) is -0.286. The molecule has 0 saturated carbocycles. The van der Waals surface area contributed by atoms with Gasteiger partial charge in [0.05, 0.1) is 18.2 Å². The third-order valence-corrected chi connectivity index (χ3v) is 3.60. The van der Waals surface area contributed by atoms with E-state index < -0.39 is 17.2 Å². The van der Waals surface area contributed by atoms with Gasteiger partial charge < -0.3 is 30.3 Å². The van der Waals surface area contributed by atoms with E-state index in [2.05, 4.69) is 32.9 Å². The molecule has 1 fully saturated rings. The average molecular weight is 357 g/mol. The predicted octanol–water partition coefficient (Wildman–Crippen LogP) is 0.785. The maximum absolute atomic E-state index is 11.9. The van der Waals surface area contributed by atoms with Crippen LogP contribution in [0.1, 0.15) is 34.6 Å². The van der Waals surface area contributed by atoms with E-state index in [1.54, 1.807) is 7.05 Å². The molecule has 0 radical (unpaired) electrons. The minimum Gasteiger partial charge on any atom is -0.444 e. The molecule has 8 nitrogen and oxygen atoms in total. The zero-order valence-corrected chi connectivity index (χ0v) is 16.7. The van der Waals surface area contributed by atoms with Crippen molar-refractivity contribution < 1.29 is 14.3 Å². The van der Waals surface area contributed by atoms with Crippen LogP contribution >= 0.6 is 0 Å². The van der Waals surface area contributed by atoms with Crippen molar-refractivity contribution in [3.05, 3.63) is 0 Å². The van der Waals surface area contributed by atoms with Gasteiger partial charge in [0.15, 0.2) is 5.96 Å². The molecular formula is C17H35N5O3. The van der Waals surface area contributed by atoms with Crippen molar-refractivity contribution in [2.24, 2.45) is 4.99 Å². The number of alkyl carbamates (subject to hydrolysis) is 1. The van der Waals surface area contributed by atoms with Crippen LogP contribution in [0.4, 0.5) is 4.79 Å². The van der Waals surface area contributed by atoms with E-state index in [0.29, 0.717) is 19.0 Å². The maximum Gasteiger partial charge on any atom is 0.408 e. The van der Waals surface area contributed by atoms with Crippen LogP contribution in [0.25, 0.3) is 0 Å². The Morgan fingerprint density at radius 3 is 2.52 bits per heavy atom. The second-order valence-corrected chi connectivity index (χ2v) is 8.07. The van der Waals surface area contributed by atoms with E-state index in [0.717, 1.165) is 19.7 Å². The lowest BCUT2D eigenvalue weighted by molar-refractivity contribution is -0.0161. The summed E-state index contributed by atoms with van der Waals surface area (Å²) in [7, 11) is 3.81. The molecule has 3 N–H and O–H groups in total. The third kappa shape index (κ3) is 9.50. The molecule has 1 heterocycles. The van der Waals surface area contributed by atoms with Gasteiger partial charge in [0.1, 0.15) is 5.60 Å². The molecule has 1 amide bonds. The van der Waals surface area contributed by atoms with E-state index in [9.17, 15) is 4.79 Å². The summed E-state index contributed by atoms with van der Waals surface area (Å²) in [4.78, 5) is 18.4. The molecule has 0 aromatic rings. The van der Waals surface area contributed by atoms with E-state index in [-0.39, 0.29) is 6.10 Å². The number of aliphatic imine (C=N–C) groups is 1. The van der Waals surface area contributed by atoms with Crippen LogP contribution in [0.2, 0.25) is 0 Å². The lowest BCUT2D eigenvalue weighted by Gasteiger charge is -2.31. The number of ether oxygens (including phenoxy) is 2. The third-order valence-electron chi connectivity index (χ3n) is 3.60. The lowest BCUT2D eigenvalue weighted by Crippen LogP contribution is -2.55. The van der Waals surface area contributed by atoms with Crippen LogP contribution in [0.5, 0.6) is 0 Å². The van der Waals surface area contributed by atoms with Crippen molar-refractivity contribution in [2.75, 3.05) is 46.9 Å². The fourth-order valence-corrected chi connectivity index (χ4v) is 2.35. The van der Waals surface area contributed by atoms with E-state index in [1.165, 1.54) is 0 Å². The lowest BCUT2D eigenvalue weighted by atomic mass is 10.1. The highest BCUT2D eigenvalue weighted by Crippen LogP contribution is 2.09. The predicted molar refractivity (Wildman–Crippen MR) is 100 cm³/mol. The first-order valence-electron chi connectivity index (χ1n) is 8.76. The Balaban J connectivity index is 2.38. The van der Waals surface area contributed by atoms with Gasteiger partial charge in [-0.15, -0.1) is 0 Å². The minimum atomic E-state index is -0.516. The summed E-state index contributed by atoms with van der Waals surface area (Å²) in [6.45, 7) is 13.2. The number of carbonyl (C=O) groups excluding carboxylic acids is 1. The molecule has 1 unspecified atom stereocenters. The fraction of sp³-hybridized carbons (Fsp3) is 0.882. The molecule has 25 heavy (non-hydrogen) atoms. The molecule has 146 valence electrons. The molecule has 0 aromatic heterocycles. The summed E-state index contributed by atoms with van der Waals surface area (Å²) in [5, 5.41) is 9.36. The first-order valence-corrected chi connectivity index (χ1v) is 8.76. The van der Waals surface area contributed by atoms with Gasteiger partial charge in [0.2, 0.25) is 0 Å². The van der Waals surface area contributed by atoms with Gasteiger partial charge in [0, 0.05) is 33.2 Å². The number of hydrogen-bond acceptors (Lipinski definition) is 5. The SMILES string of the molecule is CN=C(NCC1CN(C)CCO1)NCC(C)(C)NC(=O)OC(C)(C)C. The quantitative estimate of drug-likeness (QED) is 0.498. The van der Waals surface area contributed by atoms with E-state index in [1.807, 2.05) is 34.6 Å². The zero-order chi connectivity index (χ0) is 19.1. The number of amides is 1. The summed E-state index contributed by atoms with van der Waals surface area (Å²) in [6, 6.07) is 0. The molecule has 1 aliphatic heterocycles. The Morgan fingerprint density at radius 2 is 1.96 bits per heavy atom. The molecule has 0 bridgehead atoms. The normalized spacial score (nSPS) is 20.1. The molecule has 1 rings (SSSR count). The highest BCUT2D eigenvalue weighted by Gasteiger charge is 2.25. The Kier molecular flexibility index (Phi) is 7.95. The average Bonchev–Trinajstić information content (AvgIpc) is 2.44. The van der Waals surface area contributed by atoms with Gasteiger partial charge in [-0.05, 0) is 41.7 Å². The number of carbonyl (C=O) groups is 1. The fourth-order valence-electron chi connectivity index (χ4n) is 2.35. The Morgan fingerprint density at radius 1 is 1.28 bits per heavy atom. The van der Waals surface area contributed by atoms with Gasteiger partial charge in [-0.25, -0.2) is 4.79 Å². The molecule has 0 spiro atoms. The summed E-state index contributed by atoms with van der Waals surface area (Å²) in [5.74, 6) is 0.677. The molecule has 8 heteroatoms. The first-order chi connectivity index (χ1) is 11.5. The van der Waals surface area contributed by atoms with Gasteiger partial charge in [-0.2, -0.15) is 0 Å². The highest BCUT2D eigenvalue weighted by atomic mass is 16.6. The van der Waals surface area contributed by atoms with Crippen molar-refractivity contribution in [2.45, 2.75) is 51.9 Å². The first kappa shape index (κ1) is 21.5. The van der Waals surface area contributed by atoms with Crippen LogP contribution in [0, 0.1) is 0 Å². The van der Waals surface area contributed by atoms with Crippen LogP contribution in [0.15, 0.2) is 4.99 Å². The summed E-state index contributed by atoms with van der Waals surface area (Å²) >= 11 is 0. The van der Waals surface area contributed by atoms with Crippen molar-refractivity contribution >= 4 is 12.1 Å². The van der Waals surface area contributed by atoms with Gasteiger partial charge in [0.25, 0.3) is 0 Å². The number of likely N-dealkylation sites (N-methyl/N-ethyl adjacent to an activating group) is 1. The summed E-state index contributed by atoms with van der Waals surface area (Å²) in [5.41, 5.74) is -1.00. The molecule has 0 aliphatic carbocycles. The second kappa shape index (κ2) is 9.24. The number of nitrogens with one attached hydrogen (secondary N) is 3. The summed E-state index contributed by atoms with van der Waals surface area (Å²) < 4.78 is 11.0. The van der Waals surface area contributed by atoms with Crippen molar-refractivity contribution in [1.29, 1.82) is 0 Å². The zero-order valence-electron chi connectivity index (χ0n) is 16.7. The van der Waals surface area contributed by atoms with Crippen LogP contribution in [-0.2, 0) is 9.47 Å². The number of morpholine rings is 1. The Hall–Kier alpha value is -1.54. The van der Waals surface area contributed by atoms with Crippen LogP contribution in [-0.4, -0.2) is 81.1 Å². The maximum atomic E-state index is 11.9. The van der Waals surface area contributed by atoms with Gasteiger partial charge in [-0.1, -0.05) is 0 Å². The second-order valence-electron chi connectivity index (χ2n) is 8.07. The van der Waals surface area contributed by atoms with Crippen LogP contribution in [0.3, 0.4) is 0 Å². The molecule has 1 aliphatic rings. The van der Waals surface area contributed by atoms with E-state index >= 15 is 0 Å². The number of hydrogen-bond donors (Lipinski definition) is 3. The van der Waals surface area contributed by atoms with Gasteiger partial charge in [-0.3, -0.25) is 4.99 Å². The standard InChI is InChI=1S/C17H35N5O3/c1-16(2,3)25-15(23)21-17(4,5)12-20-14(18-6)19-10-13-11-22(7)8-9-24-13/h13H,8-12H2,1-7H3,(H,21,23)(H2,18,19,20). The van der Waals surface area contributed by atoms with Gasteiger partial charge >= 0.3 is 6.09 Å².